The van der Waals surface area contributed by atoms with Gasteiger partial charge in [-0.2, -0.15) is 5.10 Å². The van der Waals surface area contributed by atoms with Gasteiger partial charge in [0, 0.05) is 18.3 Å². The maximum absolute atomic E-state index is 14.3. The first kappa shape index (κ1) is 16.2. The van der Waals surface area contributed by atoms with E-state index in [1.165, 1.54) is 6.08 Å². The van der Waals surface area contributed by atoms with Gasteiger partial charge in [-0.25, -0.2) is 4.39 Å². The quantitative estimate of drug-likeness (QED) is 0.798. The lowest BCUT2D eigenvalue weighted by Crippen LogP contribution is -2.41. The Bertz CT molecular complexity index is 522. The van der Waals surface area contributed by atoms with Crippen molar-refractivity contribution in [2.75, 3.05) is 0 Å². The summed E-state index contributed by atoms with van der Waals surface area (Å²) in [6.07, 6.45) is 4.89. The predicted molar refractivity (Wildman–Crippen MR) is 82.2 cm³/mol. The standard InChI is InChI=1S/C15H24BFN2O2/c1-11(2)9-19-10-12(8-18-19)7-13(17)16-20-14(3,4)15(5,6)21-16/h7-8,10-11H,9H2,1-6H3. The largest absolute Gasteiger partial charge is 0.525 e. The second kappa shape index (κ2) is 5.57. The van der Waals surface area contributed by atoms with Gasteiger partial charge in [-0.05, 0) is 39.7 Å². The molecule has 2 heterocycles. The topological polar surface area (TPSA) is 36.3 Å². The lowest BCUT2D eigenvalue weighted by atomic mass is 9.87. The molecule has 1 aliphatic heterocycles. The highest BCUT2D eigenvalue weighted by Crippen LogP contribution is 2.39. The molecular weight excluding hydrogens is 270 g/mol. The number of halogens is 1. The van der Waals surface area contributed by atoms with Crippen molar-refractivity contribution in [2.45, 2.75) is 59.3 Å². The molecule has 4 nitrogen and oxygen atoms in total. The summed E-state index contributed by atoms with van der Waals surface area (Å²) < 4.78 is 27.5. The Morgan fingerprint density at radius 1 is 1.33 bits per heavy atom. The summed E-state index contributed by atoms with van der Waals surface area (Å²) in [6.45, 7) is 12.7. The Morgan fingerprint density at radius 2 is 1.90 bits per heavy atom. The van der Waals surface area contributed by atoms with Crippen molar-refractivity contribution in [1.82, 2.24) is 9.78 Å². The van der Waals surface area contributed by atoms with Crippen molar-refractivity contribution in [2.24, 2.45) is 5.92 Å². The van der Waals surface area contributed by atoms with Crippen molar-refractivity contribution in [3.8, 4) is 0 Å². The van der Waals surface area contributed by atoms with Gasteiger partial charge in [0.2, 0.25) is 0 Å². The molecule has 0 atom stereocenters. The summed E-state index contributed by atoms with van der Waals surface area (Å²) in [6, 6.07) is 0. The molecule has 0 aliphatic carbocycles. The molecule has 0 unspecified atom stereocenters. The molecule has 0 spiro atoms. The Hall–Kier alpha value is -1.14. The fourth-order valence-electron chi connectivity index (χ4n) is 2.11. The van der Waals surface area contributed by atoms with Gasteiger partial charge in [-0.15, -0.1) is 0 Å². The summed E-state index contributed by atoms with van der Waals surface area (Å²) >= 11 is 0. The molecule has 0 radical (unpaired) electrons. The first-order valence-corrected chi connectivity index (χ1v) is 7.36. The zero-order chi connectivity index (χ0) is 15.8. The molecule has 1 aromatic rings. The van der Waals surface area contributed by atoms with E-state index in [1.54, 1.807) is 6.20 Å². The third-order valence-electron chi connectivity index (χ3n) is 3.99. The molecule has 1 aromatic heterocycles. The molecule has 0 N–H and O–H groups in total. The average molecular weight is 294 g/mol. The van der Waals surface area contributed by atoms with Gasteiger partial charge in [-0.1, -0.05) is 13.8 Å². The fourth-order valence-corrected chi connectivity index (χ4v) is 2.11. The Balaban J connectivity index is 2.10. The number of aromatic nitrogens is 2. The highest BCUT2D eigenvalue weighted by atomic mass is 19.1. The fraction of sp³-hybridized carbons (Fsp3) is 0.667. The van der Waals surface area contributed by atoms with Crippen LogP contribution in [0.25, 0.3) is 6.08 Å². The van der Waals surface area contributed by atoms with E-state index in [4.69, 9.17) is 9.31 Å². The number of nitrogens with zero attached hydrogens (tertiary/aromatic N) is 2. The molecule has 1 saturated heterocycles. The zero-order valence-corrected chi connectivity index (χ0v) is 13.7. The van der Waals surface area contributed by atoms with Crippen molar-refractivity contribution in [1.29, 1.82) is 0 Å². The molecule has 116 valence electrons. The van der Waals surface area contributed by atoms with Gasteiger partial charge in [0.1, 0.15) is 5.73 Å². The maximum Gasteiger partial charge on any atom is 0.525 e. The molecule has 1 aliphatic rings. The minimum absolute atomic E-state index is 0.433. The molecular formula is C15H24BFN2O2. The second-order valence-electron chi connectivity index (χ2n) is 7.01. The van der Waals surface area contributed by atoms with E-state index in [0.29, 0.717) is 11.5 Å². The molecule has 6 heteroatoms. The predicted octanol–water partition coefficient (Wildman–Crippen LogP) is 3.48. The van der Waals surface area contributed by atoms with Gasteiger partial charge in [0.25, 0.3) is 0 Å². The highest BCUT2D eigenvalue weighted by molar-refractivity contribution is 6.54. The lowest BCUT2D eigenvalue weighted by molar-refractivity contribution is 0.00578. The molecule has 0 aromatic carbocycles. The van der Waals surface area contributed by atoms with Crippen molar-refractivity contribution in [3.05, 3.63) is 23.7 Å². The van der Waals surface area contributed by atoms with Crippen molar-refractivity contribution in [3.63, 3.8) is 0 Å². The van der Waals surface area contributed by atoms with Crippen LogP contribution in [0.15, 0.2) is 18.1 Å². The van der Waals surface area contributed by atoms with Crippen LogP contribution in [0.2, 0.25) is 0 Å². The van der Waals surface area contributed by atoms with Crippen LogP contribution >= 0.6 is 0 Å². The minimum atomic E-state index is -0.955. The van der Waals surface area contributed by atoms with Crippen LogP contribution in [0, 0.1) is 5.92 Å². The van der Waals surface area contributed by atoms with Gasteiger partial charge < -0.3 is 9.31 Å². The monoisotopic (exact) mass is 294 g/mol. The van der Waals surface area contributed by atoms with Gasteiger partial charge in [0.05, 0.1) is 17.4 Å². The van der Waals surface area contributed by atoms with Crippen LogP contribution in [0.3, 0.4) is 0 Å². The van der Waals surface area contributed by atoms with Crippen LogP contribution in [0.1, 0.15) is 47.1 Å². The van der Waals surface area contributed by atoms with Crippen LogP contribution in [0.4, 0.5) is 4.39 Å². The average Bonchev–Trinajstić information content (AvgIpc) is 2.81. The molecule has 0 amide bonds. The van der Waals surface area contributed by atoms with E-state index in [0.717, 1.165) is 6.54 Å². The number of rotatable bonds is 4. The van der Waals surface area contributed by atoms with Gasteiger partial charge in [0.15, 0.2) is 0 Å². The Labute approximate surface area is 126 Å². The molecule has 1 fully saturated rings. The molecule has 0 saturated carbocycles. The van der Waals surface area contributed by atoms with Crippen molar-refractivity contribution < 1.29 is 13.7 Å². The van der Waals surface area contributed by atoms with Gasteiger partial charge >= 0.3 is 7.12 Å². The SMILES string of the molecule is CC(C)Cn1cc(C=C(F)B2OC(C)(C)C(C)(C)O2)cn1. The number of hydrogen-bond donors (Lipinski definition) is 0. The molecule has 21 heavy (non-hydrogen) atoms. The molecule has 0 bridgehead atoms. The number of hydrogen-bond acceptors (Lipinski definition) is 3. The zero-order valence-electron chi connectivity index (χ0n) is 13.7. The first-order chi connectivity index (χ1) is 9.60. The summed E-state index contributed by atoms with van der Waals surface area (Å²) in [5.74, 6) is 0.495. The van der Waals surface area contributed by atoms with Gasteiger partial charge in [-0.3, -0.25) is 4.68 Å². The van der Waals surface area contributed by atoms with E-state index < -0.39 is 24.0 Å². The second-order valence-corrected chi connectivity index (χ2v) is 7.01. The highest BCUT2D eigenvalue weighted by Gasteiger charge is 2.53. The van der Waals surface area contributed by atoms with E-state index in [2.05, 4.69) is 18.9 Å². The summed E-state index contributed by atoms with van der Waals surface area (Å²) in [5, 5.41) is 4.22. The first-order valence-electron chi connectivity index (χ1n) is 7.36. The van der Waals surface area contributed by atoms with Crippen LogP contribution in [-0.4, -0.2) is 28.1 Å². The Morgan fingerprint density at radius 3 is 2.43 bits per heavy atom. The van der Waals surface area contributed by atoms with Crippen LogP contribution in [-0.2, 0) is 15.9 Å². The van der Waals surface area contributed by atoms with Crippen LogP contribution < -0.4 is 0 Å². The lowest BCUT2D eigenvalue weighted by Gasteiger charge is -2.32. The van der Waals surface area contributed by atoms with E-state index >= 15 is 0 Å². The minimum Gasteiger partial charge on any atom is -0.398 e. The van der Waals surface area contributed by atoms with Crippen LogP contribution in [0.5, 0.6) is 0 Å². The van der Waals surface area contributed by atoms with E-state index in [9.17, 15) is 4.39 Å². The normalized spacial score (nSPS) is 21.3. The summed E-state index contributed by atoms with van der Waals surface area (Å²) in [4.78, 5) is 0. The van der Waals surface area contributed by atoms with E-state index in [1.807, 2.05) is 38.6 Å². The Kier molecular flexibility index (Phi) is 4.31. The van der Waals surface area contributed by atoms with E-state index in [-0.39, 0.29) is 0 Å². The summed E-state index contributed by atoms with van der Waals surface area (Å²) in [5.41, 5.74) is -0.796. The summed E-state index contributed by atoms with van der Waals surface area (Å²) in [7, 11) is -0.955. The third kappa shape index (κ3) is 3.55. The molecule has 2 rings (SSSR count). The maximum atomic E-state index is 14.3. The smallest absolute Gasteiger partial charge is 0.398 e. The third-order valence-corrected chi connectivity index (χ3v) is 3.99. The van der Waals surface area contributed by atoms with Crippen molar-refractivity contribution >= 4 is 13.2 Å².